The van der Waals surface area contributed by atoms with Gasteiger partial charge >= 0.3 is 6.09 Å². The summed E-state index contributed by atoms with van der Waals surface area (Å²) in [6.45, 7) is 4.77. The fourth-order valence-corrected chi connectivity index (χ4v) is 2.91. The Morgan fingerprint density at radius 1 is 1.55 bits per heavy atom. The van der Waals surface area contributed by atoms with Crippen molar-refractivity contribution in [3.63, 3.8) is 0 Å². The molecule has 1 unspecified atom stereocenters. The van der Waals surface area contributed by atoms with Gasteiger partial charge in [-0.2, -0.15) is 5.26 Å². The summed E-state index contributed by atoms with van der Waals surface area (Å²) in [5, 5.41) is 18.5. The molecule has 20 heavy (non-hydrogen) atoms. The number of fused-ring (bicyclic) bond motifs is 1. The predicted molar refractivity (Wildman–Crippen MR) is 76.4 cm³/mol. The van der Waals surface area contributed by atoms with Crippen molar-refractivity contribution in [2.45, 2.75) is 39.2 Å². The zero-order valence-corrected chi connectivity index (χ0v) is 12.0. The van der Waals surface area contributed by atoms with E-state index in [0.717, 1.165) is 30.4 Å². The SMILES string of the molecule is CC(C)CC1c2ccc(C#N)cc2CCCN1C(=O)O. The lowest BCUT2D eigenvalue weighted by atomic mass is 9.91. The summed E-state index contributed by atoms with van der Waals surface area (Å²) < 4.78 is 0. The van der Waals surface area contributed by atoms with Crippen LogP contribution in [0.15, 0.2) is 18.2 Å². The van der Waals surface area contributed by atoms with E-state index in [1.54, 1.807) is 11.0 Å². The molecule has 106 valence electrons. The standard InChI is InChI=1S/C16H20N2O2/c1-11(2)8-15-14-6-5-12(10-17)9-13(14)4-3-7-18(15)16(19)20/h5-6,9,11,15H,3-4,7-8H2,1-2H3,(H,19,20). The second-order valence-electron chi connectivity index (χ2n) is 5.75. The first kappa shape index (κ1) is 14.4. The molecule has 0 saturated carbocycles. The molecule has 1 aliphatic heterocycles. The molecule has 1 aliphatic rings. The Morgan fingerprint density at radius 2 is 2.30 bits per heavy atom. The van der Waals surface area contributed by atoms with E-state index in [2.05, 4.69) is 19.9 Å². The molecular formula is C16H20N2O2. The highest BCUT2D eigenvalue weighted by atomic mass is 16.4. The van der Waals surface area contributed by atoms with Crippen LogP contribution < -0.4 is 0 Å². The number of carbonyl (C=O) groups is 1. The minimum Gasteiger partial charge on any atom is -0.465 e. The maximum Gasteiger partial charge on any atom is 0.407 e. The Labute approximate surface area is 119 Å². The van der Waals surface area contributed by atoms with Gasteiger partial charge in [-0.25, -0.2) is 4.79 Å². The van der Waals surface area contributed by atoms with E-state index in [4.69, 9.17) is 5.26 Å². The number of benzene rings is 1. The van der Waals surface area contributed by atoms with Crippen molar-refractivity contribution < 1.29 is 9.90 Å². The third kappa shape index (κ3) is 2.93. The van der Waals surface area contributed by atoms with Gasteiger partial charge in [0.15, 0.2) is 0 Å². The first-order valence-corrected chi connectivity index (χ1v) is 7.05. The molecule has 0 spiro atoms. The average Bonchev–Trinajstić information content (AvgIpc) is 2.57. The molecule has 1 amide bonds. The highest BCUT2D eigenvalue weighted by molar-refractivity contribution is 5.66. The quantitative estimate of drug-likeness (QED) is 0.895. The van der Waals surface area contributed by atoms with Crippen molar-refractivity contribution in [2.24, 2.45) is 5.92 Å². The molecule has 2 rings (SSSR count). The molecule has 1 aromatic rings. The Kier molecular flexibility index (Phi) is 4.29. The van der Waals surface area contributed by atoms with Gasteiger partial charge in [0.25, 0.3) is 0 Å². The van der Waals surface area contributed by atoms with Gasteiger partial charge in [0, 0.05) is 6.54 Å². The summed E-state index contributed by atoms with van der Waals surface area (Å²) in [6.07, 6.45) is 1.60. The molecule has 0 bridgehead atoms. The molecule has 0 aromatic heterocycles. The lowest BCUT2D eigenvalue weighted by Crippen LogP contribution is -2.34. The van der Waals surface area contributed by atoms with Gasteiger partial charge in [-0.05, 0) is 48.4 Å². The van der Waals surface area contributed by atoms with E-state index in [9.17, 15) is 9.90 Å². The van der Waals surface area contributed by atoms with Crippen LogP contribution in [0.2, 0.25) is 0 Å². The van der Waals surface area contributed by atoms with Crippen LogP contribution in [0.3, 0.4) is 0 Å². The van der Waals surface area contributed by atoms with Crippen LogP contribution in [-0.2, 0) is 6.42 Å². The van der Waals surface area contributed by atoms with E-state index < -0.39 is 6.09 Å². The average molecular weight is 272 g/mol. The van der Waals surface area contributed by atoms with Gasteiger partial charge in [0.1, 0.15) is 0 Å². The van der Waals surface area contributed by atoms with Crippen LogP contribution in [0.5, 0.6) is 0 Å². The van der Waals surface area contributed by atoms with Crippen molar-refractivity contribution in [1.82, 2.24) is 4.90 Å². The van der Waals surface area contributed by atoms with Crippen molar-refractivity contribution in [1.29, 1.82) is 5.26 Å². The van der Waals surface area contributed by atoms with E-state index in [1.807, 2.05) is 12.1 Å². The van der Waals surface area contributed by atoms with Crippen LogP contribution in [0.1, 0.15) is 49.4 Å². The summed E-state index contributed by atoms with van der Waals surface area (Å²) >= 11 is 0. The molecular weight excluding hydrogens is 252 g/mol. The van der Waals surface area contributed by atoms with Crippen molar-refractivity contribution in [2.75, 3.05) is 6.54 Å². The number of nitriles is 1. The molecule has 0 radical (unpaired) electrons. The lowest BCUT2D eigenvalue weighted by Gasteiger charge is -2.30. The highest BCUT2D eigenvalue weighted by Crippen LogP contribution is 2.34. The molecule has 0 aliphatic carbocycles. The number of hydrogen-bond donors (Lipinski definition) is 1. The number of amides is 1. The summed E-state index contributed by atoms with van der Waals surface area (Å²) in [7, 11) is 0. The lowest BCUT2D eigenvalue weighted by molar-refractivity contribution is 0.118. The van der Waals surface area contributed by atoms with Crippen LogP contribution in [0.4, 0.5) is 4.79 Å². The predicted octanol–water partition coefficient (Wildman–Crippen LogP) is 3.57. The Hall–Kier alpha value is -2.02. The molecule has 1 heterocycles. The summed E-state index contributed by atoms with van der Waals surface area (Å²) in [6, 6.07) is 7.69. The molecule has 1 N–H and O–H groups in total. The number of carboxylic acid groups (broad SMARTS) is 1. The third-order valence-electron chi connectivity index (χ3n) is 3.79. The fraction of sp³-hybridized carbons (Fsp3) is 0.500. The summed E-state index contributed by atoms with van der Waals surface area (Å²) in [5.41, 5.74) is 2.84. The largest absolute Gasteiger partial charge is 0.465 e. The third-order valence-corrected chi connectivity index (χ3v) is 3.79. The summed E-state index contributed by atoms with van der Waals surface area (Å²) in [4.78, 5) is 13.1. The van der Waals surface area contributed by atoms with Crippen molar-refractivity contribution in [3.05, 3.63) is 34.9 Å². The first-order chi connectivity index (χ1) is 9.52. The van der Waals surface area contributed by atoms with Gasteiger partial charge in [-0.3, -0.25) is 0 Å². The maximum absolute atomic E-state index is 11.5. The number of aryl methyl sites for hydroxylation is 1. The number of rotatable bonds is 2. The zero-order chi connectivity index (χ0) is 14.7. The summed E-state index contributed by atoms with van der Waals surface area (Å²) in [5.74, 6) is 0.420. The topological polar surface area (TPSA) is 64.3 Å². The minimum atomic E-state index is -0.854. The smallest absolute Gasteiger partial charge is 0.407 e. The van der Waals surface area contributed by atoms with E-state index in [1.165, 1.54) is 0 Å². The normalized spacial score (nSPS) is 18.3. The molecule has 0 fully saturated rings. The maximum atomic E-state index is 11.5. The molecule has 0 saturated heterocycles. The monoisotopic (exact) mass is 272 g/mol. The van der Waals surface area contributed by atoms with E-state index >= 15 is 0 Å². The van der Waals surface area contributed by atoms with Gasteiger partial charge in [-0.1, -0.05) is 19.9 Å². The van der Waals surface area contributed by atoms with Gasteiger partial charge in [0.2, 0.25) is 0 Å². The fourth-order valence-electron chi connectivity index (χ4n) is 2.91. The van der Waals surface area contributed by atoms with Gasteiger partial charge in [0.05, 0.1) is 17.7 Å². The van der Waals surface area contributed by atoms with Crippen molar-refractivity contribution in [3.8, 4) is 6.07 Å². The number of hydrogen-bond acceptors (Lipinski definition) is 2. The van der Waals surface area contributed by atoms with Crippen LogP contribution in [-0.4, -0.2) is 22.6 Å². The van der Waals surface area contributed by atoms with Crippen molar-refractivity contribution >= 4 is 6.09 Å². The Bertz CT molecular complexity index is 546. The Balaban J connectivity index is 2.46. The van der Waals surface area contributed by atoms with Gasteiger partial charge < -0.3 is 10.0 Å². The second kappa shape index (κ2) is 5.96. The van der Waals surface area contributed by atoms with Crippen LogP contribution in [0, 0.1) is 17.2 Å². The number of nitrogens with zero attached hydrogens (tertiary/aromatic N) is 2. The zero-order valence-electron chi connectivity index (χ0n) is 12.0. The Morgan fingerprint density at radius 3 is 2.90 bits per heavy atom. The molecule has 4 nitrogen and oxygen atoms in total. The first-order valence-electron chi connectivity index (χ1n) is 7.05. The van der Waals surface area contributed by atoms with E-state index in [-0.39, 0.29) is 6.04 Å². The highest BCUT2D eigenvalue weighted by Gasteiger charge is 2.29. The second-order valence-corrected chi connectivity index (χ2v) is 5.75. The minimum absolute atomic E-state index is 0.0993. The molecule has 1 atom stereocenters. The van der Waals surface area contributed by atoms with Gasteiger partial charge in [-0.15, -0.1) is 0 Å². The molecule has 1 aromatic carbocycles. The van der Waals surface area contributed by atoms with Crippen LogP contribution in [0.25, 0.3) is 0 Å². The molecule has 4 heteroatoms. The van der Waals surface area contributed by atoms with E-state index in [0.29, 0.717) is 18.0 Å². The van der Waals surface area contributed by atoms with Crippen LogP contribution >= 0.6 is 0 Å².